The van der Waals surface area contributed by atoms with Crippen LogP contribution in [0.5, 0.6) is 0 Å². The van der Waals surface area contributed by atoms with E-state index in [1.807, 2.05) is 6.92 Å². The lowest BCUT2D eigenvalue weighted by Gasteiger charge is -2.13. The van der Waals surface area contributed by atoms with Crippen LogP contribution in [0.15, 0.2) is 59.5 Å². The number of benzene rings is 3. The summed E-state index contributed by atoms with van der Waals surface area (Å²) in [5.41, 5.74) is 3.00. The molecule has 0 bridgehead atoms. The number of hydrogen-bond donors (Lipinski definition) is 0. The van der Waals surface area contributed by atoms with E-state index in [9.17, 15) is 17.2 Å². The first-order valence-electron chi connectivity index (χ1n) is 7.73. The Morgan fingerprint density at radius 1 is 0.808 bits per heavy atom. The Bertz CT molecular complexity index is 1090. The molecule has 0 saturated carbocycles. The minimum Gasteiger partial charge on any atom is -0.224 e. The van der Waals surface area contributed by atoms with Crippen molar-refractivity contribution in [3.8, 4) is 22.3 Å². The van der Waals surface area contributed by atoms with Crippen LogP contribution in [0.25, 0.3) is 22.3 Å². The summed E-state index contributed by atoms with van der Waals surface area (Å²) in [6, 6.07) is 13.5. The first kappa shape index (κ1) is 18.5. The van der Waals surface area contributed by atoms with Crippen LogP contribution < -0.4 is 0 Å². The predicted octanol–water partition coefficient (Wildman–Crippen LogP) is 5.66. The zero-order valence-corrected chi connectivity index (χ0v) is 15.6. The second-order valence-electron chi connectivity index (χ2n) is 6.07. The Morgan fingerprint density at radius 2 is 1.31 bits per heavy atom. The lowest BCUT2D eigenvalue weighted by atomic mass is 9.94. The van der Waals surface area contributed by atoms with Gasteiger partial charge in [-0.05, 0) is 65.1 Å². The van der Waals surface area contributed by atoms with Crippen molar-refractivity contribution in [2.45, 2.75) is 11.8 Å². The minimum absolute atomic E-state index is 0.156. The topological polar surface area (TPSA) is 34.1 Å². The maximum Gasteiger partial charge on any atom is 0.175 e. The Balaban J connectivity index is 2.20. The van der Waals surface area contributed by atoms with Crippen LogP contribution in [0.2, 0.25) is 5.02 Å². The van der Waals surface area contributed by atoms with Crippen molar-refractivity contribution >= 4 is 21.4 Å². The summed E-state index contributed by atoms with van der Waals surface area (Å²) in [5, 5.41) is 0.519. The maximum absolute atomic E-state index is 13.9. The predicted molar refractivity (Wildman–Crippen MR) is 100 cm³/mol. The van der Waals surface area contributed by atoms with E-state index in [2.05, 4.69) is 0 Å². The van der Waals surface area contributed by atoms with Gasteiger partial charge in [-0.3, -0.25) is 0 Å². The van der Waals surface area contributed by atoms with Gasteiger partial charge in [0.1, 0.15) is 0 Å². The molecule has 0 N–H and O–H groups in total. The second kappa shape index (κ2) is 6.82. The Morgan fingerprint density at radius 3 is 1.81 bits per heavy atom. The summed E-state index contributed by atoms with van der Waals surface area (Å²) < 4.78 is 51.0. The Kier molecular flexibility index (Phi) is 4.86. The quantitative estimate of drug-likeness (QED) is 0.576. The van der Waals surface area contributed by atoms with Crippen molar-refractivity contribution in [1.82, 2.24) is 0 Å². The molecule has 26 heavy (non-hydrogen) atoms. The first-order chi connectivity index (χ1) is 12.2. The fourth-order valence-corrected chi connectivity index (χ4v) is 3.48. The summed E-state index contributed by atoms with van der Waals surface area (Å²) >= 11 is 6.17. The van der Waals surface area contributed by atoms with E-state index < -0.39 is 21.5 Å². The van der Waals surface area contributed by atoms with Gasteiger partial charge in [0.05, 0.1) is 4.90 Å². The summed E-state index contributed by atoms with van der Waals surface area (Å²) in [7, 11) is -3.34. The van der Waals surface area contributed by atoms with Crippen LogP contribution in [0.1, 0.15) is 5.56 Å². The zero-order chi connectivity index (χ0) is 19.1. The molecule has 0 amide bonds. The summed E-state index contributed by atoms with van der Waals surface area (Å²) in [5.74, 6) is -1.94. The van der Waals surface area contributed by atoms with Gasteiger partial charge < -0.3 is 0 Å². The average Bonchev–Trinajstić information content (AvgIpc) is 2.59. The fourth-order valence-electron chi connectivity index (χ4n) is 2.67. The van der Waals surface area contributed by atoms with Crippen LogP contribution >= 0.6 is 11.6 Å². The van der Waals surface area contributed by atoms with E-state index in [0.29, 0.717) is 27.3 Å². The third-order valence-corrected chi connectivity index (χ3v) is 5.67. The highest BCUT2D eigenvalue weighted by Crippen LogP contribution is 2.36. The average molecular weight is 393 g/mol. The number of aryl methyl sites for hydroxylation is 1. The van der Waals surface area contributed by atoms with Crippen LogP contribution in [0.3, 0.4) is 0 Å². The molecular formula is C20H15ClF2O2S. The van der Waals surface area contributed by atoms with E-state index in [1.165, 1.54) is 12.1 Å². The van der Waals surface area contributed by atoms with Gasteiger partial charge >= 0.3 is 0 Å². The lowest BCUT2D eigenvalue weighted by molar-refractivity contribution is 0.509. The van der Waals surface area contributed by atoms with Crippen LogP contribution in [-0.4, -0.2) is 14.7 Å². The van der Waals surface area contributed by atoms with Crippen molar-refractivity contribution in [1.29, 1.82) is 0 Å². The van der Waals surface area contributed by atoms with Gasteiger partial charge in [-0.1, -0.05) is 35.9 Å². The van der Waals surface area contributed by atoms with Crippen molar-refractivity contribution in [2.75, 3.05) is 6.26 Å². The van der Waals surface area contributed by atoms with E-state index in [4.69, 9.17) is 11.6 Å². The van der Waals surface area contributed by atoms with Gasteiger partial charge in [0.25, 0.3) is 0 Å². The number of hydrogen-bond acceptors (Lipinski definition) is 2. The SMILES string of the molecule is Cc1ccc(-c2cc(F)c(F)cc2-c2ccc(S(C)(=O)=O)cc2)cc1Cl. The highest BCUT2D eigenvalue weighted by atomic mass is 35.5. The van der Waals surface area contributed by atoms with Gasteiger partial charge in [-0.2, -0.15) is 0 Å². The molecule has 134 valence electrons. The van der Waals surface area contributed by atoms with Crippen LogP contribution in [0, 0.1) is 18.6 Å². The molecule has 0 aromatic heterocycles. The first-order valence-corrected chi connectivity index (χ1v) is 10.00. The monoisotopic (exact) mass is 392 g/mol. The van der Waals surface area contributed by atoms with E-state index >= 15 is 0 Å². The van der Waals surface area contributed by atoms with E-state index in [-0.39, 0.29) is 4.90 Å². The van der Waals surface area contributed by atoms with Gasteiger partial charge in [0.2, 0.25) is 0 Å². The lowest BCUT2D eigenvalue weighted by Crippen LogP contribution is -1.97. The summed E-state index contributed by atoms with van der Waals surface area (Å²) in [4.78, 5) is 0.156. The van der Waals surface area contributed by atoms with Gasteiger partial charge in [-0.15, -0.1) is 0 Å². The molecule has 0 unspecified atom stereocenters. The van der Waals surface area contributed by atoms with Crippen LogP contribution in [0.4, 0.5) is 8.78 Å². The summed E-state index contributed by atoms with van der Waals surface area (Å²) in [6.45, 7) is 1.85. The molecule has 0 heterocycles. The molecular weight excluding hydrogens is 378 g/mol. The highest BCUT2D eigenvalue weighted by Gasteiger charge is 2.15. The molecule has 0 radical (unpaired) electrons. The maximum atomic E-state index is 13.9. The molecule has 0 saturated heterocycles. The highest BCUT2D eigenvalue weighted by molar-refractivity contribution is 7.90. The van der Waals surface area contributed by atoms with Crippen molar-refractivity contribution in [3.05, 3.63) is 76.8 Å². The minimum atomic E-state index is -3.34. The second-order valence-corrected chi connectivity index (χ2v) is 8.50. The Hall–Kier alpha value is -2.24. The summed E-state index contributed by atoms with van der Waals surface area (Å²) in [6.07, 6.45) is 1.11. The zero-order valence-electron chi connectivity index (χ0n) is 14.1. The molecule has 0 spiro atoms. The van der Waals surface area contributed by atoms with Crippen molar-refractivity contribution < 1.29 is 17.2 Å². The molecule has 0 fully saturated rings. The molecule has 3 aromatic rings. The van der Waals surface area contributed by atoms with Gasteiger partial charge in [-0.25, -0.2) is 17.2 Å². The molecule has 3 aromatic carbocycles. The Labute approximate surface area is 156 Å². The van der Waals surface area contributed by atoms with Crippen molar-refractivity contribution in [3.63, 3.8) is 0 Å². The molecule has 3 rings (SSSR count). The largest absolute Gasteiger partial charge is 0.224 e. The number of halogens is 3. The molecule has 0 aliphatic carbocycles. The molecule has 0 aliphatic heterocycles. The molecule has 0 aliphatic rings. The van der Waals surface area contributed by atoms with E-state index in [1.54, 1.807) is 30.3 Å². The molecule has 2 nitrogen and oxygen atoms in total. The van der Waals surface area contributed by atoms with E-state index in [0.717, 1.165) is 24.0 Å². The van der Waals surface area contributed by atoms with Gasteiger partial charge in [0, 0.05) is 11.3 Å². The molecule has 6 heteroatoms. The smallest absolute Gasteiger partial charge is 0.175 e. The van der Waals surface area contributed by atoms with Gasteiger partial charge in [0.15, 0.2) is 21.5 Å². The number of rotatable bonds is 3. The third-order valence-electron chi connectivity index (χ3n) is 4.14. The standard InChI is InChI=1S/C20H15ClF2O2S/c1-12-3-4-14(9-18(12)21)17-11-20(23)19(22)10-16(17)13-5-7-15(8-6-13)26(2,24)25/h3-11H,1-2H3. The number of sulfone groups is 1. The van der Waals surface area contributed by atoms with Crippen molar-refractivity contribution in [2.24, 2.45) is 0 Å². The van der Waals surface area contributed by atoms with Crippen LogP contribution in [-0.2, 0) is 9.84 Å². The third kappa shape index (κ3) is 3.64. The fraction of sp³-hybridized carbons (Fsp3) is 0.100. The normalized spacial score (nSPS) is 11.6. The molecule has 0 atom stereocenters.